The van der Waals surface area contributed by atoms with Crippen LogP contribution in [0.4, 0.5) is 0 Å². The number of pyridine rings is 1. The van der Waals surface area contributed by atoms with Crippen molar-refractivity contribution in [1.82, 2.24) is 14.8 Å². The van der Waals surface area contributed by atoms with Gasteiger partial charge in [0.25, 0.3) is 5.91 Å². The van der Waals surface area contributed by atoms with E-state index in [-0.39, 0.29) is 36.2 Å². The lowest BCUT2D eigenvalue weighted by molar-refractivity contribution is 0.0622. The molecule has 9 nitrogen and oxygen atoms in total. The Labute approximate surface area is 202 Å². The lowest BCUT2D eigenvalue weighted by Gasteiger charge is -2.34. The fourth-order valence-corrected chi connectivity index (χ4v) is 4.19. The molecule has 0 unspecified atom stereocenters. The molecular weight excluding hydrogens is 450 g/mol. The molecule has 182 valence electrons. The highest BCUT2D eigenvalue weighted by atomic mass is 16.7. The second-order valence-electron chi connectivity index (χ2n) is 8.47. The Morgan fingerprint density at radius 3 is 2.63 bits per heavy atom. The van der Waals surface area contributed by atoms with Gasteiger partial charge in [-0.2, -0.15) is 0 Å². The summed E-state index contributed by atoms with van der Waals surface area (Å²) in [5.74, 6) is 2.24. The number of amides is 1. The molecule has 5 rings (SSSR count). The second-order valence-corrected chi connectivity index (χ2v) is 8.47. The first kappa shape index (κ1) is 22.8. The Morgan fingerprint density at radius 2 is 1.83 bits per heavy atom. The van der Waals surface area contributed by atoms with Crippen molar-refractivity contribution in [3.8, 4) is 23.0 Å². The predicted molar refractivity (Wildman–Crippen MR) is 128 cm³/mol. The number of carbonyl (C=O) groups excluding carboxylic acids is 1. The molecule has 1 aromatic heterocycles. The number of ether oxygens (including phenoxy) is 4. The highest BCUT2D eigenvalue weighted by Gasteiger charge is 2.24. The van der Waals surface area contributed by atoms with Gasteiger partial charge in [-0.25, -0.2) is 0 Å². The molecule has 35 heavy (non-hydrogen) atoms. The molecule has 1 amide bonds. The maximum absolute atomic E-state index is 13.0. The van der Waals surface area contributed by atoms with Gasteiger partial charge in [0.05, 0.1) is 7.11 Å². The third-order valence-corrected chi connectivity index (χ3v) is 6.14. The molecule has 2 aromatic carbocycles. The van der Waals surface area contributed by atoms with Crippen LogP contribution in [-0.4, -0.2) is 60.8 Å². The molecule has 0 bridgehead atoms. The van der Waals surface area contributed by atoms with E-state index in [1.807, 2.05) is 42.5 Å². The molecule has 3 aromatic rings. The Balaban J connectivity index is 1.15. The van der Waals surface area contributed by atoms with Gasteiger partial charge in [0.15, 0.2) is 17.2 Å². The van der Waals surface area contributed by atoms with Crippen LogP contribution in [0.15, 0.2) is 59.5 Å². The number of hydrogen-bond acceptors (Lipinski definition) is 7. The molecule has 1 fully saturated rings. The highest BCUT2D eigenvalue weighted by Crippen LogP contribution is 2.32. The predicted octanol–water partition coefficient (Wildman–Crippen LogP) is 2.65. The zero-order valence-corrected chi connectivity index (χ0v) is 19.5. The summed E-state index contributed by atoms with van der Waals surface area (Å²) in [5.41, 5.74) is 1.94. The van der Waals surface area contributed by atoms with Crippen LogP contribution in [-0.2, 0) is 13.2 Å². The number of nitrogens with one attached hydrogen (secondary N) is 1. The minimum absolute atomic E-state index is 0.165. The maximum atomic E-state index is 13.0. The number of carbonyl (C=O) groups is 1. The molecular formula is C26H27N3O6. The molecule has 0 saturated carbocycles. The van der Waals surface area contributed by atoms with Crippen LogP contribution < -0.4 is 24.4 Å². The Kier molecular flexibility index (Phi) is 6.58. The van der Waals surface area contributed by atoms with E-state index in [9.17, 15) is 9.59 Å². The van der Waals surface area contributed by atoms with E-state index in [0.29, 0.717) is 13.1 Å². The number of benzene rings is 2. The summed E-state index contributed by atoms with van der Waals surface area (Å²) in [6, 6.07) is 14.7. The van der Waals surface area contributed by atoms with Gasteiger partial charge in [0.2, 0.25) is 12.2 Å². The number of rotatable bonds is 7. The van der Waals surface area contributed by atoms with Crippen LogP contribution in [0, 0.1) is 0 Å². The Morgan fingerprint density at radius 1 is 1.00 bits per heavy atom. The van der Waals surface area contributed by atoms with Gasteiger partial charge in [0.1, 0.15) is 18.1 Å². The van der Waals surface area contributed by atoms with E-state index < -0.39 is 0 Å². The summed E-state index contributed by atoms with van der Waals surface area (Å²) >= 11 is 0. The first-order valence-corrected chi connectivity index (χ1v) is 11.5. The normalized spacial score (nSPS) is 15.2. The molecule has 9 heteroatoms. The first-order chi connectivity index (χ1) is 17.1. The topological polar surface area (TPSA) is 93.3 Å². The van der Waals surface area contributed by atoms with Crippen LogP contribution in [0.5, 0.6) is 23.0 Å². The minimum atomic E-state index is -0.337. The summed E-state index contributed by atoms with van der Waals surface area (Å²) < 4.78 is 21.7. The number of nitrogens with zero attached hydrogens (tertiary/aromatic N) is 2. The maximum Gasteiger partial charge on any atom is 0.270 e. The number of fused-ring (bicyclic) bond motifs is 1. The Hall–Kier alpha value is -3.98. The SMILES string of the molecule is COc1cccc(COc2c[nH]c(C(=O)N3CCN(Cc4ccc5c(c4)OCO5)CC3)cc2=O)c1. The average Bonchev–Trinajstić information content (AvgIpc) is 3.36. The van der Waals surface area contributed by atoms with Gasteiger partial charge in [-0.15, -0.1) is 0 Å². The van der Waals surface area contributed by atoms with Crippen molar-refractivity contribution >= 4 is 5.91 Å². The second kappa shape index (κ2) is 10.1. The third-order valence-electron chi connectivity index (χ3n) is 6.14. The summed E-state index contributed by atoms with van der Waals surface area (Å²) in [7, 11) is 1.60. The van der Waals surface area contributed by atoms with Crippen molar-refractivity contribution < 1.29 is 23.7 Å². The van der Waals surface area contributed by atoms with E-state index in [4.69, 9.17) is 18.9 Å². The standard InChI is InChI=1S/C26H27N3O6/c1-32-20-4-2-3-19(11-20)16-33-25-14-27-21(13-22(25)30)26(31)29-9-7-28(8-10-29)15-18-5-6-23-24(12-18)35-17-34-23/h2-6,11-14H,7-10,15-17H2,1H3,(H,27,30). The molecule has 2 aliphatic rings. The fourth-order valence-electron chi connectivity index (χ4n) is 4.19. The molecule has 1 saturated heterocycles. The molecule has 0 spiro atoms. The zero-order valence-electron chi connectivity index (χ0n) is 19.5. The third kappa shape index (κ3) is 5.25. The van der Waals surface area contributed by atoms with Crippen molar-refractivity contribution in [2.75, 3.05) is 40.1 Å². The highest BCUT2D eigenvalue weighted by molar-refractivity contribution is 5.92. The number of hydrogen-bond donors (Lipinski definition) is 1. The summed E-state index contributed by atoms with van der Waals surface area (Å²) in [6.45, 7) is 3.90. The number of aromatic amines is 1. The van der Waals surface area contributed by atoms with Crippen LogP contribution >= 0.6 is 0 Å². The summed E-state index contributed by atoms with van der Waals surface area (Å²) in [4.78, 5) is 32.5. The fraction of sp³-hybridized carbons (Fsp3) is 0.308. The van der Waals surface area contributed by atoms with Crippen molar-refractivity contribution in [1.29, 1.82) is 0 Å². The van der Waals surface area contributed by atoms with E-state index in [1.165, 1.54) is 12.3 Å². The van der Waals surface area contributed by atoms with Crippen LogP contribution in [0.3, 0.4) is 0 Å². The monoisotopic (exact) mass is 477 g/mol. The molecule has 1 N–H and O–H groups in total. The zero-order chi connectivity index (χ0) is 24.2. The van der Waals surface area contributed by atoms with Gasteiger partial charge in [-0.3, -0.25) is 14.5 Å². The van der Waals surface area contributed by atoms with Crippen LogP contribution in [0.25, 0.3) is 0 Å². The molecule has 0 atom stereocenters. The van der Waals surface area contributed by atoms with Crippen molar-refractivity contribution in [2.24, 2.45) is 0 Å². The smallest absolute Gasteiger partial charge is 0.270 e. The quantitative estimate of drug-likeness (QED) is 0.559. The van der Waals surface area contributed by atoms with E-state index in [0.717, 1.165) is 48.0 Å². The minimum Gasteiger partial charge on any atom is -0.497 e. The van der Waals surface area contributed by atoms with Crippen molar-refractivity contribution in [3.63, 3.8) is 0 Å². The van der Waals surface area contributed by atoms with Gasteiger partial charge < -0.3 is 28.8 Å². The molecule has 0 radical (unpaired) electrons. The molecule has 3 heterocycles. The van der Waals surface area contributed by atoms with Crippen molar-refractivity contribution in [2.45, 2.75) is 13.2 Å². The molecule has 0 aliphatic carbocycles. The van der Waals surface area contributed by atoms with Gasteiger partial charge >= 0.3 is 0 Å². The number of H-pyrrole nitrogens is 1. The molecule has 2 aliphatic heterocycles. The van der Waals surface area contributed by atoms with Gasteiger partial charge in [0, 0.05) is 45.0 Å². The van der Waals surface area contributed by atoms with Gasteiger partial charge in [-0.05, 0) is 35.4 Å². The number of methoxy groups -OCH3 is 1. The largest absolute Gasteiger partial charge is 0.497 e. The number of aromatic nitrogens is 1. The first-order valence-electron chi connectivity index (χ1n) is 11.5. The van der Waals surface area contributed by atoms with Gasteiger partial charge in [-0.1, -0.05) is 18.2 Å². The van der Waals surface area contributed by atoms with Crippen molar-refractivity contribution in [3.05, 3.63) is 81.8 Å². The summed E-state index contributed by atoms with van der Waals surface area (Å²) in [5, 5.41) is 0. The number of piperazine rings is 1. The Bertz CT molecular complexity index is 1270. The van der Waals surface area contributed by atoms with E-state index >= 15 is 0 Å². The lowest BCUT2D eigenvalue weighted by Crippen LogP contribution is -2.48. The summed E-state index contributed by atoms with van der Waals surface area (Å²) in [6.07, 6.45) is 1.45. The van der Waals surface area contributed by atoms with Crippen LogP contribution in [0.2, 0.25) is 0 Å². The average molecular weight is 478 g/mol. The lowest BCUT2D eigenvalue weighted by atomic mass is 10.1. The van der Waals surface area contributed by atoms with Crippen LogP contribution in [0.1, 0.15) is 21.6 Å². The van der Waals surface area contributed by atoms with E-state index in [1.54, 1.807) is 12.0 Å². The van der Waals surface area contributed by atoms with E-state index in [2.05, 4.69) is 9.88 Å².